The number of methoxy groups -OCH3 is 1. The number of likely N-dealkylation sites (tertiary alicyclic amines) is 1. The van der Waals surface area contributed by atoms with Gasteiger partial charge in [0, 0.05) is 38.0 Å². The standard InChI is InChI=1S/C27H25N5O2/c1-34-18-25-11-10-23(16-30-25)26(21-6-2-19(14-28)3-7-21)32-13-12-24(17-32)31-27(33)22-8-4-20(15-29)5-9-22/h2-11,16,24,26H,12-13,17-18H2,1H3,(H,31,33)/t24?,26-/m1/s1. The number of aromatic nitrogens is 1. The fourth-order valence-corrected chi connectivity index (χ4v) is 4.29. The zero-order valence-corrected chi connectivity index (χ0v) is 18.9. The molecule has 170 valence electrons. The highest BCUT2D eigenvalue weighted by Crippen LogP contribution is 2.32. The Kier molecular flexibility index (Phi) is 7.29. The third-order valence-corrected chi connectivity index (χ3v) is 6.01. The van der Waals surface area contributed by atoms with E-state index in [1.807, 2.05) is 36.5 Å². The molecule has 1 aromatic heterocycles. The van der Waals surface area contributed by atoms with E-state index in [-0.39, 0.29) is 18.0 Å². The third kappa shape index (κ3) is 5.29. The van der Waals surface area contributed by atoms with Gasteiger partial charge in [0.2, 0.25) is 0 Å². The van der Waals surface area contributed by atoms with Gasteiger partial charge in [-0.3, -0.25) is 14.7 Å². The van der Waals surface area contributed by atoms with Crippen molar-refractivity contribution < 1.29 is 9.53 Å². The summed E-state index contributed by atoms with van der Waals surface area (Å²) >= 11 is 0. The molecule has 1 N–H and O–H groups in total. The molecule has 34 heavy (non-hydrogen) atoms. The van der Waals surface area contributed by atoms with E-state index in [4.69, 9.17) is 10.00 Å². The number of ether oxygens (including phenoxy) is 1. The van der Waals surface area contributed by atoms with Crippen molar-refractivity contribution in [2.75, 3.05) is 20.2 Å². The first kappa shape index (κ1) is 23.1. The first-order valence-electron chi connectivity index (χ1n) is 11.1. The molecule has 0 bridgehead atoms. The molecule has 7 nitrogen and oxygen atoms in total. The molecule has 4 rings (SSSR count). The van der Waals surface area contributed by atoms with Crippen molar-refractivity contribution in [2.45, 2.75) is 25.1 Å². The number of benzene rings is 2. The van der Waals surface area contributed by atoms with Crippen LogP contribution in [0.4, 0.5) is 0 Å². The molecular formula is C27H25N5O2. The number of nitrogens with one attached hydrogen (secondary N) is 1. The van der Waals surface area contributed by atoms with Gasteiger partial charge in [0.05, 0.1) is 41.6 Å². The van der Waals surface area contributed by atoms with E-state index >= 15 is 0 Å². The maximum absolute atomic E-state index is 12.7. The fraction of sp³-hybridized carbons (Fsp3) is 0.259. The van der Waals surface area contributed by atoms with Crippen LogP contribution in [-0.4, -0.2) is 42.0 Å². The van der Waals surface area contributed by atoms with Crippen LogP contribution in [0.25, 0.3) is 0 Å². The number of pyridine rings is 1. The molecule has 7 heteroatoms. The minimum Gasteiger partial charge on any atom is -0.378 e. The molecule has 0 saturated carbocycles. The minimum atomic E-state index is -0.142. The summed E-state index contributed by atoms with van der Waals surface area (Å²) in [4.78, 5) is 19.6. The molecule has 1 saturated heterocycles. The Labute approximate surface area is 199 Å². The second kappa shape index (κ2) is 10.7. The highest BCUT2D eigenvalue weighted by atomic mass is 16.5. The second-order valence-corrected chi connectivity index (χ2v) is 8.30. The van der Waals surface area contributed by atoms with E-state index in [2.05, 4.69) is 33.4 Å². The molecular weight excluding hydrogens is 426 g/mol. The van der Waals surface area contributed by atoms with Crippen LogP contribution in [0.3, 0.4) is 0 Å². The molecule has 2 heterocycles. The van der Waals surface area contributed by atoms with Gasteiger partial charge in [0.15, 0.2) is 0 Å². The summed E-state index contributed by atoms with van der Waals surface area (Å²) in [5.74, 6) is -0.142. The number of nitriles is 2. The predicted octanol–water partition coefficient (Wildman–Crippen LogP) is 3.57. The normalized spacial score (nSPS) is 16.4. The SMILES string of the molecule is COCc1ccc([C@@H](c2ccc(C#N)cc2)N2CCC(NC(=O)c3ccc(C#N)cc3)C2)cn1. The monoisotopic (exact) mass is 451 g/mol. The van der Waals surface area contributed by atoms with Gasteiger partial charge in [0.1, 0.15) is 0 Å². The van der Waals surface area contributed by atoms with E-state index in [1.54, 1.807) is 31.4 Å². The minimum absolute atomic E-state index is 0.00440. The first-order valence-corrected chi connectivity index (χ1v) is 11.1. The Balaban J connectivity index is 1.52. The highest BCUT2D eigenvalue weighted by Gasteiger charge is 2.31. The molecule has 3 aromatic rings. The summed E-state index contributed by atoms with van der Waals surface area (Å²) in [7, 11) is 1.64. The van der Waals surface area contributed by atoms with Crippen LogP contribution >= 0.6 is 0 Å². The smallest absolute Gasteiger partial charge is 0.251 e. The van der Waals surface area contributed by atoms with Gasteiger partial charge in [0.25, 0.3) is 5.91 Å². The summed E-state index contributed by atoms with van der Waals surface area (Å²) in [6, 6.07) is 22.5. The number of amides is 1. The van der Waals surface area contributed by atoms with Crippen molar-refractivity contribution in [3.05, 3.63) is 100 Å². The van der Waals surface area contributed by atoms with Gasteiger partial charge in [-0.05, 0) is 60.0 Å². The van der Waals surface area contributed by atoms with Crippen molar-refractivity contribution in [2.24, 2.45) is 0 Å². The number of nitrogens with zero attached hydrogens (tertiary/aromatic N) is 4. The van der Waals surface area contributed by atoms with Gasteiger partial charge < -0.3 is 10.1 Å². The molecule has 0 spiro atoms. The maximum Gasteiger partial charge on any atom is 0.251 e. The van der Waals surface area contributed by atoms with Gasteiger partial charge >= 0.3 is 0 Å². The molecule has 1 aliphatic rings. The van der Waals surface area contributed by atoms with E-state index in [1.165, 1.54) is 0 Å². The maximum atomic E-state index is 12.7. The lowest BCUT2D eigenvalue weighted by Crippen LogP contribution is -2.38. The molecule has 0 aliphatic carbocycles. The quantitative estimate of drug-likeness (QED) is 0.589. The lowest BCUT2D eigenvalue weighted by atomic mass is 9.97. The fourth-order valence-electron chi connectivity index (χ4n) is 4.29. The summed E-state index contributed by atoms with van der Waals surface area (Å²) in [6.45, 7) is 1.95. The molecule has 1 amide bonds. The summed E-state index contributed by atoms with van der Waals surface area (Å²) in [5.41, 5.74) is 4.66. The van der Waals surface area contributed by atoms with Crippen molar-refractivity contribution in [1.29, 1.82) is 10.5 Å². The molecule has 0 radical (unpaired) electrons. The largest absolute Gasteiger partial charge is 0.378 e. The van der Waals surface area contributed by atoms with Crippen LogP contribution in [-0.2, 0) is 11.3 Å². The van der Waals surface area contributed by atoms with Gasteiger partial charge in [-0.15, -0.1) is 0 Å². The number of carbonyl (C=O) groups excluding carboxylic acids is 1. The van der Waals surface area contributed by atoms with Gasteiger partial charge in [-0.25, -0.2) is 0 Å². The van der Waals surface area contributed by atoms with E-state index in [9.17, 15) is 10.1 Å². The van der Waals surface area contributed by atoms with Crippen LogP contribution in [0.15, 0.2) is 66.9 Å². The van der Waals surface area contributed by atoms with Crippen LogP contribution in [0, 0.1) is 22.7 Å². The number of hydrogen-bond donors (Lipinski definition) is 1. The summed E-state index contributed by atoms with van der Waals surface area (Å²) < 4.78 is 5.18. The van der Waals surface area contributed by atoms with Crippen LogP contribution in [0.5, 0.6) is 0 Å². The zero-order chi connectivity index (χ0) is 23.9. The average Bonchev–Trinajstić information content (AvgIpc) is 3.33. The summed E-state index contributed by atoms with van der Waals surface area (Å²) in [5, 5.41) is 21.3. The van der Waals surface area contributed by atoms with Gasteiger partial charge in [-0.1, -0.05) is 18.2 Å². The molecule has 2 atom stereocenters. The lowest BCUT2D eigenvalue weighted by Gasteiger charge is -2.29. The first-order chi connectivity index (χ1) is 16.6. The molecule has 1 aliphatic heterocycles. The average molecular weight is 452 g/mol. The van der Waals surface area contributed by atoms with Crippen molar-refractivity contribution in [3.63, 3.8) is 0 Å². The van der Waals surface area contributed by atoms with Gasteiger partial charge in [-0.2, -0.15) is 10.5 Å². The zero-order valence-electron chi connectivity index (χ0n) is 18.9. The molecule has 2 aromatic carbocycles. The summed E-state index contributed by atoms with van der Waals surface area (Å²) in [6.07, 6.45) is 2.70. The Morgan fingerprint density at radius 2 is 1.71 bits per heavy atom. The third-order valence-electron chi connectivity index (χ3n) is 6.01. The second-order valence-electron chi connectivity index (χ2n) is 8.30. The topological polar surface area (TPSA) is 102 Å². The highest BCUT2D eigenvalue weighted by molar-refractivity contribution is 5.94. The van der Waals surface area contributed by atoms with E-state index in [0.29, 0.717) is 29.8 Å². The molecule has 1 unspecified atom stereocenters. The van der Waals surface area contributed by atoms with E-state index < -0.39 is 0 Å². The Bertz CT molecular complexity index is 1210. The van der Waals surface area contributed by atoms with Crippen molar-refractivity contribution in [3.8, 4) is 12.1 Å². The number of hydrogen-bond acceptors (Lipinski definition) is 6. The molecule has 1 fully saturated rings. The Morgan fingerprint density at radius 3 is 2.29 bits per heavy atom. The lowest BCUT2D eigenvalue weighted by molar-refractivity contribution is 0.0937. The van der Waals surface area contributed by atoms with E-state index in [0.717, 1.165) is 29.8 Å². The Morgan fingerprint density at radius 1 is 1.06 bits per heavy atom. The predicted molar refractivity (Wildman–Crippen MR) is 127 cm³/mol. The van der Waals surface area contributed by atoms with Crippen molar-refractivity contribution >= 4 is 5.91 Å². The van der Waals surface area contributed by atoms with Crippen LogP contribution in [0.2, 0.25) is 0 Å². The van der Waals surface area contributed by atoms with Crippen molar-refractivity contribution in [1.82, 2.24) is 15.2 Å². The Hall–Kier alpha value is -4.04. The number of rotatable bonds is 7. The number of carbonyl (C=O) groups is 1. The van der Waals surface area contributed by atoms with Crippen LogP contribution < -0.4 is 5.32 Å². The van der Waals surface area contributed by atoms with Crippen LogP contribution in [0.1, 0.15) is 50.8 Å².